The molecule has 8 nitrogen and oxygen atoms in total. The number of nitrogens with one attached hydrogen (secondary N) is 2. The van der Waals surface area contributed by atoms with Gasteiger partial charge in [-0.15, -0.1) is 4.99 Å². The number of furan rings is 1. The van der Waals surface area contributed by atoms with Crippen LogP contribution in [0.15, 0.2) is 52.3 Å². The van der Waals surface area contributed by atoms with Gasteiger partial charge in [-0.05, 0) is 49.4 Å². The second kappa shape index (κ2) is 11.6. The molecule has 2 aromatic heterocycles. The summed E-state index contributed by atoms with van der Waals surface area (Å²) in [5, 5.41) is 15.1. The van der Waals surface area contributed by atoms with E-state index in [4.69, 9.17) is 9.68 Å². The van der Waals surface area contributed by atoms with Crippen LogP contribution in [-0.4, -0.2) is 41.4 Å². The van der Waals surface area contributed by atoms with E-state index >= 15 is 0 Å². The number of carbonyl (C=O) groups excluding carboxylic acids is 1. The Bertz CT molecular complexity index is 844. The number of nitriles is 1. The highest BCUT2D eigenvalue weighted by Gasteiger charge is 2.27. The molecule has 0 aliphatic carbocycles. The average Bonchev–Trinajstić information content (AvgIpc) is 3.46. The minimum Gasteiger partial charge on any atom is -0.459 e. The molecule has 3 rings (SSSR count). The maximum atomic E-state index is 12.3. The van der Waals surface area contributed by atoms with Crippen molar-refractivity contribution in [2.24, 2.45) is 10.9 Å². The molecule has 0 spiro atoms. The summed E-state index contributed by atoms with van der Waals surface area (Å²) in [5.41, 5.74) is 0.787. The standard InChI is InChI=1S/C22H28N6O2/c23-17-26-22(27-19-8-5-11-24-15-19)25-12-4-2-1-3-7-18-10-13-28(16-18)21(29)20-9-6-14-30-20/h5-6,8-9,11,14-15,18H,1-4,7,10,12-13,16H2,(H2,25,26,27). The first-order chi connectivity index (χ1) is 14.8. The molecule has 158 valence electrons. The Morgan fingerprint density at radius 2 is 2.20 bits per heavy atom. The fourth-order valence-electron chi connectivity index (χ4n) is 3.66. The van der Waals surface area contributed by atoms with E-state index in [9.17, 15) is 4.79 Å². The molecule has 1 amide bonds. The quantitative estimate of drug-likeness (QED) is 0.284. The van der Waals surface area contributed by atoms with Crippen LogP contribution in [0.2, 0.25) is 0 Å². The number of guanidine groups is 1. The van der Waals surface area contributed by atoms with Gasteiger partial charge in [0, 0.05) is 25.8 Å². The maximum absolute atomic E-state index is 12.3. The monoisotopic (exact) mass is 408 g/mol. The third kappa shape index (κ3) is 6.62. The van der Waals surface area contributed by atoms with Gasteiger partial charge in [0.05, 0.1) is 18.1 Å². The van der Waals surface area contributed by atoms with Crippen LogP contribution in [0.3, 0.4) is 0 Å². The van der Waals surface area contributed by atoms with E-state index < -0.39 is 0 Å². The molecule has 1 atom stereocenters. The van der Waals surface area contributed by atoms with Crippen molar-refractivity contribution in [3.63, 3.8) is 0 Å². The summed E-state index contributed by atoms with van der Waals surface area (Å²) < 4.78 is 5.21. The molecular formula is C22H28N6O2. The molecule has 8 heteroatoms. The molecule has 2 N–H and O–H groups in total. The Hall–Kier alpha value is -3.34. The number of likely N-dealkylation sites (tertiary alicyclic amines) is 1. The van der Waals surface area contributed by atoms with Gasteiger partial charge < -0.3 is 20.0 Å². The summed E-state index contributed by atoms with van der Waals surface area (Å²) in [6.07, 6.45) is 13.4. The molecule has 1 aliphatic heterocycles. The van der Waals surface area contributed by atoms with Gasteiger partial charge in [0.1, 0.15) is 0 Å². The number of hydrogen-bond acceptors (Lipinski definition) is 5. The first-order valence-electron chi connectivity index (χ1n) is 10.5. The highest BCUT2D eigenvalue weighted by Crippen LogP contribution is 2.24. The third-order valence-electron chi connectivity index (χ3n) is 5.22. The Morgan fingerprint density at radius 3 is 2.97 bits per heavy atom. The number of rotatable bonds is 9. The second-order valence-corrected chi connectivity index (χ2v) is 7.44. The topological polar surface area (TPSA) is 107 Å². The second-order valence-electron chi connectivity index (χ2n) is 7.44. The number of aliphatic imine (C=N–C) groups is 1. The van der Waals surface area contributed by atoms with E-state index in [0.29, 0.717) is 17.6 Å². The van der Waals surface area contributed by atoms with Gasteiger partial charge in [-0.25, -0.2) is 0 Å². The van der Waals surface area contributed by atoms with Crippen LogP contribution < -0.4 is 10.6 Å². The van der Waals surface area contributed by atoms with E-state index in [-0.39, 0.29) is 5.91 Å². The number of anilines is 1. The number of pyridine rings is 1. The molecule has 1 unspecified atom stereocenters. The molecule has 3 heterocycles. The van der Waals surface area contributed by atoms with Gasteiger partial charge in [0.25, 0.3) is 5.91 Å². The van der Waals surface area contributed by atoms with Crippen molar-refractivity contribution in [2.45, 2.75) is 38.5 Å². The number of aromatic nitrogens is 1. The van der Waals surface area contributed by atoms with Crippen molar-refractivity contribution < 1.29 is 9.21 Å². The van der Waals surface area contributed by atoms with Crippen LogP contribution in [0, 0.1) is 17.4 Å². The van der Waals surface area contributed by atoms with Crippen molar-refractivity contribution in [3.8, 4) is 6.19 Å². The van der Waals surface area contributed by atoms with Crippen LogP contribution in [0.4, 0.5) is 5.69 Å². The zero-order valence-corrected chi connectivity index (χ0v) is 17.1. The van der Waals surface area contributed by atoms with Gasteiger partial charge >= 0.3 is 0 Å². The molecule has 0 saturated carbocycles. The van der Waals surface area contributed by atoms with E-state index in [1.807, 2.05) is 23.2 Å². The van der Waals surface area contributed by atoms with Gasteiger partial charge in [-0.1, -0.05) is 19.3 Å². The molecule has 1 saturated heterocycles. The summed E-state index contributed by atoms with van der Waals surface area (Å²) in [7, 11) is 0. The van der Waals surface area contributed by atoms with E-state index in [1.165, 1.54) is 6.42 Å². The van der Waals surface area contributed by atoms with Gasteiger partial charge in [0.2, 0.25) is 12.2 Å². The smallest absolute Gasteiger partial charge is 0.289 e. The summed E-state index contributed by atoms with van der Waals surface area (Å²) >= 11 is 0. The Labute approximate surface area is 177 Å². The Kier molecular flexibility index (Phi) is 8.27. The van der Waals surface area contributed by atoms with E-state index in [2.05, 4.69) is 20.6 Å². The Morgan fingerprint density at radius 1 is 1.30 bits per heavy atom. The zero-order chi connectivity index (χ0) is 21.0. The van der Waals surface area contributed by atoms with Crippen molar-refractivity contribution in [2.75, 3.05) is 25.0 Å². The van der Waals surface area contributed by atoms with E-state index in [1.54, 1.807) is 30.8 Å². The van der Waals surface area contributed by atoms with Crippen molar-refractivity contribution in [1.29, 1.82) is 5.26 Å². The number of hydrogen-bond donors (Lipinski definition) is 2. The SMILES string of the molecule is N#C/N=C(/NCCCCCCC1CCN(C(=O)c2ccco2)C1)Nc1cccnc1. The molecule has 0 radical (unpaired) electrons. The highest BCUT2D eigenvalue weighted by molar-refractivity contribution is 5.94. The minimum atomic E-state index is 0.00306. The summed E-state index contributed by atoms with van der Waals surface area (Å²) in [4.78, 5) is 22.0. The number of unbranched alkanes of at least 4 members (excludes halogenated alkanes) is 3. The summed E-state index contributed by atoms with van der Waals surface area (Å²) in [6, 6.07) is 7.17. The lowest BCUT2D eigenvalue weighted by Gasteiger charge is -2.15. The fraction of sp³-hybridized carbons (Fsp3) is 0.455. The maximum Gasteiger partial charge on any atom is 0.289 e. The van der Waals surface area contributed by atoms with Crippen LogP contribution in [0.1, 0.15) is 49.1 Å². The largest absolute Gasteiger partial charge is 0.459 e. The molecule has 0 aromatic carbocycles. The first-order valence-corrected chi connectivity index (χ1v) is 10.5. The van der Waals surface area contributed by atoms with Crippen LogP contribution >= 0.6 is 0 Å². The zero-order valence-electron chi connectivity index (χ0n) is 17.1. The predicted octanol–water partition coefficient (Wildman–Crippen LogP) is 3.63. The lowest BCUT2D eigenvalue weighted by Crippen LogP contribution is -2.31. The van der Waals surface area contributed by atoms with Gasteiger partial charge in [-0.3, -0.25) is 9.78 Å². The normalized spacial score (nSPS) is 16.3. The van der Waals surface area contributed by atoms with Crippen molar-refractivity contribution in [1.82, 2.24) is 15.2 Å². The van der Waals surface area contributed by atoms with Crippen molar-refractivity contribution >= 4 is 17.6 Å². The lowest BCUT2D eigenvalue weighted by molar-refractivity contribution is 0.0755. The molecule has 0 bridgehead atoms. The third-order valence-corrected chi connectivity index (χ3v) is 5.22. The molecule has 1 aliphatic rings. The minimum absolute atomic E-state index is 0.00306. The van der Waals surface area contributed by atoms with E-state index in [0.717, 1.165) is 57.4 Å². The first kappa shape index (κ1) is 21.4. The summed E-state index contributed by atoms with van der Waals surface area (Å²) in [5.74, 6) is 1.46. The highest BCUT2D eigenvalue weighted by atomic mass is 16.3. The van der Waals surface area contributed by atoms with Gasteiger partial charge in [-0.2, -0.15) is 5.26 Å². The Balaban J connectivity index is 1.25. The number of carbonyl (C=O) groups is 1. The number of amides is 1. The van der Waals surface area contributed by atoms with Crippen LogP contribution in [-0.2, 0) is 0 Å². The van der Waals surface area contributed by atoms with Crippen molar-refractivity contribution in [3.05, 3.63) is 48.7 Å². The van der Waals surface area contributed by atoms with Crippen LogP contribution in [0.5, 0.6) is 0 Å². The predicted molar refractivity (Wildman–Crippen MR) is 115 cm³/mol. The molecule has 2 aromatic rings. The van der Waals surface area contributed by atoms with Crippen LogP contribution in [0.25, 0.3) is 0 Å². The molecule has 1 fully saturated rings. The number of nitrogens with zero attached hydrogens (tertiary/aromatic N) is 4. The lowest BCUT2D eigenvalue weighted by atomic mass is 10.00. The average molecular weight is 409 g/mol. The molecular weight excluding hydrogens is 380 g/mol. The summed E-state index contributed by atoms with van der Waals surface area (Å²) in [6.45, 7) is 2.40. The van der Waals surface area contributed by atoms with Gasteiger partial charge in [0.15, 0.2) is 5.76 Å². The fourth-order valence-corrected chi connectivity index (χ4v) is 3.66. The molecule has 30 heavy (non-hydrogen) atoms.